The summed E-state index contributed by atoms with van der Waals surface area (Å²) in [6.45, 7) is 7.02. The molecule has 2 heterocycles. The lowest BCUT2D eigenvalue weighted by Gasteiger charge is -2.19. The Balaban J connectivity index is 2.57. The molecule has 3 N–H and O–H groups in total. The van der Waals surface area contributed by atoms with Crippen molar-refractivity contribution in [2.45, 2.75) is 46.4 Å². The molecular weight excluding hydrogens is 358 g/mol. The second-order valence-corrected chi connectivity index (χ2v) is 7.63. The highest BCUT2D eigenvalue weighted by Gasteiger charge is 2.29. The molecule has 2 rings (SSSR count). The number of rotatable bonds is 6. The van der Waals surface area contributed by atoms with E-state index >= 15 is 0 Å². The van der Waals surface area contributed by atoms with E-state index in [1.807, 2.05) is 0 Å². The van der Waals surface area contributed by atoms with Crippen LogP contribution < -0.4 is 5.73 Å². The van der Waals surface area contributed by atoms with Crippen LogP contribution in [0.25, 0.3) is 11.3 Å². The maximum Gasteiger partial charge on any atom is 0.349 e. The van der Waals surface area contributed by atoms with Crippen molar-refractivity contribution in [3.05, 3.63) is 33.2 Å². The summed E-state index contributed by atoms with van der Waals surface area (Å²) in [7, 11) is 0. The molecule has 0 aromatic carbocycles. The molecule has 0 radical (unpaired) electrons. The molecule has 2 aromatic heterocycles. The molecule has 0 spiro atoms. The Morgan fingerprint density at radius 2 is 1.96 bits per heavy atom. The van der Waals surface area contributed by atoms with Crippen molar-refractivity contribution in [2.24, 2.45) is 5.73 Å². The van der Waals surface area contributed by atoms with E-state index in [2.05, 4.69) is 0 Å². The topological polar surface area (TPSA) is 112 Å². The highest BCUT2D eigenvalue weighted by Crippen LogP contribution is 2.37. The minimum absolute atomic E-state index is 0.141. The predicted octanol–water partition coefficient (Wildman–Crippen LogP) is 3.09. The SMILES string of the molecule is CCOC(=O)c1cc(CO)oc1-c1cc(CN)sc1C(=O)OC(C)(C)C. The summed E-state index contributed by atoms with van der Waals surface area (Å²) in [5.41, 5.74) is 5.57. The number of furan rings is 1. The van der Waals surface area contributed by atoms with Crippen LogP contribution in [0.15, 0.2) is 16.5 Å². The fourth-order valence-electron chi connectivity index (χ4n) is 2.27. The molecule has 0 atom stereocenters. The highest BCUT2D eigenvalue weighted by molar-refractivity contribution is 7.14. The fourth-order valence-corrected chi connectivity index (χ4v) is 3.18. The van der Waals surface area contributed by atoms with Crippen LogP contribution in [0.1, 0.15) is 58.4 Å². The molecule has 0 saturated heterocycles. The van der Waals surface area contributed by atoms with Crippen LogP contribution in [0, 0.1) is 0 Å². The zero-order valence-corrected chi connectivity index (χ0v) is 16.1. The zero-order valence-electron chi connectivity index (χ0n) is 15.3. The Kier molecular flexibility index (Phi) is 6.22. The van der Waals surface area contributed by atoms with E-state index in [1.165, 1.54) is 17.4 Å². The molecule has 0 fully saturated rings. The predicted molar refractivity (Wildman–Crippen MR) is 97.0 cm³/mol. The average molecular weight is 381 g/mol. The van der Waals surface area contributed by atoms with Gasteiger partial charge in [-0.2, -0.15) is 0 Å². The second-order valence-electron chi connectivity index (χ2n) is 6.50. The molecule has 8 heteroatoms. The molecule has 7 nitrogen and oxygen atoms in total. The van der Waals surface area contributed by atoms with Gasteiger partial charge in [-0.15, -0.1) is 11.3 Å². The summed E-state index contributed by atoms with van der Waals surface area (Å²) in [4.78, 5) is 25.9. The number of thiophene rings is 1. The van der Waals surface area contributed by atoms with Crippen LogP contribution in [0.3, 0.4) is 0 Å². The number of ether oxygens (including phenoxy) is 2. The van der Waals surface area contributed by atoms with Gasteiger partial charge < -0.3 is 24.7 Å². The van der Waals surface area contributed by atoms with Crippen LogP contribution in [-0.2, 0) is 22.6 Å². The van der Waals surface area contributed by atoms with Crippen LogP contribution in [0.2, 0.25) is 0 Å². The van der Waals surface area contributed by atoms with E-state index in [0.29, 0.717) is 5.56 Å². The minimum atomic E-state index is -0.676. The third-order valence-corrected chi connectivity index (χ3v) is 4.38. The standard InChI is InChI=1S/C18H23NO6S/c1-5-23-16(21)13-6-10(9-20)24-14(13)12-7-11(8-19)26-15(12)17(22)25-18(2,3)4/h6-7,20H,5,8-9,19H2,1-4H3. The molecule has 2 aromatic rings. The van der Waals surface area contributed by atoms with E-state index in [4.69, 9.17) is 19.6 Å². The number of nitrogens with two attached hydrogens (primary N) is 1. The Labute approximate surface area is 155 Å². The quantitative estimate of drug-likeness (QED) is 0.739. The van der Waals surface area contributed by atoms with Gasteiger partial charge in [-0.05, 0) is 39.8 Å². The number of aliphatic hydroxyl groups is 1. The molecule has 0 aliphatic rings. The summed E-state index contributed by atoms with van der Waals surface area (Å²) >= 11 is 1.18. The molecule has 0 saturated carbocycles. The molecule has 142 valence electrons. The summed E-state index contributed by atoms with van der Waals surface area (Å²) in [6, 6.07) is 3.10. The van der Waals surface area contributed by atoms with Crippen LogP contribution in [-0.4, -0.2) is 29.3 Å². The number of hydrogen-bond donors (Lipinski definition) is 2. The van der Waals surface area contributed by atoms with Crippen molar-refractivity contribution in [1.82, 2.24) is 0 Å². The number of carbonyl (C=O) groups excluding carboxylic acids is 2. The lowest BCUT2D eigenvalue weighted by molar-refractivity contribution is 0.00754. The van der Waals surface area contributed by atoms with Gasteiger partial charge in [0.05, 0.1) is 6.61 Å². The molecule has 0 unspecified atom stereocenters. The summed E-state index contributed by atoms with van der Waals surface area (Å²) < 4.78 is 16.1. The van der Waals surface area contributed by atoms with Gasteiger partial charge in [0, 0.05) is 17.0 Å². The Bertz CT molecular complexity index is 799. The normalized spacial score (nSPS) is 11.5. The van der Waals surface area contributed by atoms with Crippen molar-refractivity contribution in [3.8, 4) is 11.3 Å². The summed E-state index contributed by atoms with van der Waals surface area (Å²) in [5, 5.41) is 9.36. The molecule has 0 aliphatic carbocycles. The van der Waals surface area contributed by atoms with Gasteiger partial charge in [-0.3, -0.25) is 0 Å². The number of hydrogen-bond acceptors (Lipinski definition) is 8. The minimum Gasteiger partial charge on any atom is -0.462 e. The smallest absolute Gasteiger partial charge is 0.349 e. The van der Waals surface area contributed by atoms with Gasteiger partial charge >= 0.3 is 11.9 Å². The first kappa shape index (κ1) is 20.2. The first-order chi connectivity index (χ1) is 12.2. The van der Waals surface area contributed by atoms with Crippen LogP contribution >= 0.6 is 11.3 Å². The first-order valence-electron chi connectivity index (χ1n) is 8.17. The van der Waals surface area contributed by atoms with Gasteiger partial charge in [0.25, 0.3) is 0 Å². The third-order valence-electron chi connectivity index (χ3n) is 3.25. The Morgan fingerprint density at radius 1 is 1.27 bits per heavy atom. The monoisotopic (exact) mass is 381 g/mol. The Hall–Kier alpha value is -2.16. The fraction of sp³-hybridized carbons (Fsp3) is 0.444. The maximum atomic E-state index is 12.6. The van der Waals surface area contributed by atoms with Crippen LogP contribution in [0.4, 0.5) is 0 Å². The molecule has 0 aliphatic heterocycles. The van der Waals surface area contributed by atoms with Gasteiger partial charge in [-0.1, -0.05) is 0 Å². The van der Waals surface area contributed by atoms with E-state index in [0.717, 1.165) is 4.88 Å². The zero-order chi connectivity index (χ0) is 19.5. The van der Waals surface area contributed by atoms with E-state index in [1.54, 1.807) is 33.8 Å². The third kappa shape index (κ3) is 4.51. The van der Waals surface area contributed by atoms with Gasteiger partial charge in [0.1, 0.15) is 28.4 Å². The highest BCUT2D eigenvalue weighted by atomic mass is 32.1. The van der Waals surface area contributed by atoms with Crippen molar-refractivity contribution in [3.63, 3.8) is 0 Å². The number of aliphatic hydroxyl groups excluding tert-OH is 1. The summed E-state index contributed by atoms with van der Waals surface area (Å²) in [5.74, 6) is -0.779. The van der Waals surface area contributed by atoms with Crippen molar-refractivity contribution < 1.29 is 28.6 Å². The average Bonchev–Trinajstić information content (AvgIpc) is 3.17. The van der Waals surface area contributed by atoms with Gasteiger partial charge in [0.15, 0.2) is 5.76 Å². The molecule has 26 heavy (non-hydrogen) atoms. The maximum absolute atomic E-state index is 12.6. The molecular formula is C18H23NO6S. The van der Waals surface area contributed by atoms with Gasteiger partial charge in [-0.25, -0.2) is 9.59 Å². The lowest BCUT2D eigenvalue weighted by Crippen LogP contribution is -2.23. The van der Waals surface area contributed by atoms with E-state index < -0.39 is 17.5 Å². The van der Waals surface area contributed by atoms with E-state index in [9.17, 15) is 14.7 Å². The molecule has 0 amide bonds. The Morgan fingerprint density at radius 3 is 2.50 bits per heavy atom. The number of carbonyl (C=O) groups is 2. The van der Waals surface area contributed by atoms with Crippen molar-refractivity contribution >= 4 is 23.3 Å². The second kappa shape index (κ2) is 8.03. The van der Waals surface area contributed by atoms with E-state index in [-0.39, 0.29) is 41.7 Å². The summed E-state index contributed by atoms with van der Waals surface area (Å²) in [6.07, 6.45) is 0. The number of esters is 2. The lowest BCUT2D eigenvalue weighted by atomic mass is 10.1. The molecule has 0 bridgehead atoms. The first-order valence-corrected chi connectivity index (χ1v) is 8.99. The van der Waals surface area contributed by atoms with Gasteiger partial charge in [0.2, 0.25) is 0 Å². The van der Waals surface area contributed by atoms with Crippen LogP contribution in [0.5, 0.6) is 0 Å². The largest absolute Gasteiger partial charge is 0.462 e. The van der Waals surface area contributed by atoms with Crippen molar-refractivity contribution in [1.29, 1.82) is 0 Å². The van der Waals surface area contributed by atoms with Crippen molar-refractivity contribution in [2.75, 3.05) is 6.61 Å².